The lowest BCUT2D eigenvalue weighted by molar-refractivity contribution is -0.142. The summed E-state index contributed by atoms with van der Waals surface area (Å²) >= 11 is 0. The second-order valence-corrected chi connectivity index (χ2v) is 7.17. The number of aromatic nitrogens is 1. The fraction of sp³-hybridized carbons (Fsp3) is 0.304. The number of rotatable bonds is 6. The number of pyridine rings is 1. The monoisotopic (exact) mass is 392 g/mol. The largest absolute Gasteiger partial charge is 0.493 e. The van der Waals surface area contributed by atoms with Crippen molar-refractivity contribution in [3.05, 3.63) is 65.9 Å². The number of likely N-dealkylation sites (tertiary alicyclic amines) is 1. The number of fused-ring (bicyclic) bond motifs is 1. The molecule has 1 N–H and O–H groups in total. The molecule has 0 bridgehead atoms. The zero-order valence-electron chi connectivity index (χ0n) is 16.5. The Balaban J connectivity index is 1.92. The summed E-state index contributed by atoms with van der Waals surface area (Å²) in [5.41, 5.74) is 2.89. The van der Waals surface area contributed by atoms with Crippen molar-refractivity contribution < 1.29 is 19.4 Å². The van der Waals surface area contributed by atoms with Gasteiger partial charge in [-0.15, -0.1) is 0 Å². The van der Waals surface area contributed by atoms with Crippen LogP contribution in [0.3, 0.4) is 0 Å². The summed E-state index contributed by atoms with van der Waals surface area (Å²) in [7, 11) is 3.21. The summed E-state index contributed by atoms with van der Waals surface area (Å²) in [4.78, 5) is 18.5. The smallest absolute Gasteiger partial charge is 0.320 e. The molecule has 2 atom stereocenters. The molecule has 6 heteroatoms. The average molecular weight is 392 g/mol. The number of nitrogens with zero attached hydrogens (tertiary/aromatic N) is 2. The van der Waals surface area contributed by atoms with Crippen molar-refractivity contribution in [3.63, 3.8) is 0 Å². The molecule has 29 heavy (non-hydrogen) atoms. The molecule has 1 aliphatic heterocycles. The predicted octanol–water partition coefficient (Wildman–Crippen LogP) is 3.89. The van der Waals surface area contributed by atoms with Gasteiger partial charge < -0.3 is 14.6 Å². The highest BCUT2D eigenvalue weighted by molar-refractivity contribution is 5.83. The van der Waals surface area contributed by atoms with Crippen LogP contribution in [0.5, 0.6) is 11.5 Å². The molecule has 6 nitrogen and oxygen atoms in total. The Morgan fingerprint density at radius 2 is 1.93 bits per heavy atom. The standard InChI is InChI=1S/C23H24N2O4/c1-28-20-10-9-15(14-21(20)29-2)22(25-13-5-8-19(25)23(26)27)17-11-12-24-18-7-4-3-6-16(17)18/h3-4,6-7,9-12,14,19,22H,5,8,13H2,1-2H3,(H,26,27). The van der Waals surface area contributed by atoms with Crippen LogP contribution in [0.1, 0.15) is 30.0 Å². The molecule has 1 aliphatic rings. The number of carboxylic acid groups (broad SMARTS) is 1. The van der Waals surface area contributed by atoms with E-state index in [-0.39, 0.29) is 6.04 Å². The van der Waals surface area contributed by atoms with E-state index in [9.17, 15) is 9.90 Å². The van der Waals surface area contributed by atoms with Gasteiger partial charge in [0.15, 0.2) is 11.5 Å². The number of benzene rings is 2. The molecule has 2 unspecified atom stereocenters. The number of ether oxygens (including phenoxy) is 2. The summed E-state index contributed by atoms with van der Waals surface area (Å²) in [5.74, 6) is 0.483. The number of carboxylic acids is 1. The first-order valence-electron chi connectivity index (χ1n) is 9.68. The number of hydrogen-bond acceptors (Lipinski definition) is 5. The van der Waals surface area contributed by atoms with E-state index < -0.39 is 12.0 Å². The summed E-state index contributed by atoms with van der Waals surface area (Å²) < 4.78 is 10.9. The maximum atomic E-state index is 12.0. The van der Waals surface area contributed by atoms with Gasteiger partial charge in [0.2, 0.25) is 0 Å². The third kappa shape index (κ3) is 3.51. The molecule has 2 heterocycles. The average Bonchev–Trinajstić information content (AvgIpc) is 3.24. The van der Waals surface area contributed by atoms with E-state index in [0.29, 0.717) is 24.5 Å². The molecule has 4 rings (SSSR count). The van der Waals surface area contributed by atoms with Crippen molar-refractivity contribution in [2.24, 2.45) is 0 Å². The van der Waals surface area contributed by atoms with Gasteiger partial charge in [-0.05, 0) is 48.2 Å². The molecule has 2 aromatic carbocycles. The van der Waals surface area contributed by atoms with Crippen molar-refractivity contribution in [3.8, 4) is 11.5 Å². The second kappa shape index (κ2) is 8.09. The van der Waals surface area contributed by atoms with Gasteiger partial charge in [-0.25, -0.2) is 0 Å². The lowest BCUT2D eigenvalue weighted by Crippen LogP contribution is -2.39. The Labute approximate surface area is 169 Å². The van der Waals surface area contributed by atoms with Crippen LogP contribution in [0.25, 0.3) is 10.9 Å². The van der Waals surface area contributed by atoms with Gasteiger partial charge in [-0.2, -0.15) is 0 Å². The van der Waals surface area contributed by atoms with Crippen molar-refractivity contribution in [1.29, 1.82) is 0 Å². The minimum Gasteiger partial charge on any atom is -0.493 e. The van der Waals surface area contributed by atoms with Crippen LogP contribution >= 0.6 is 0 Å². The molecule has 150 valence electrons. The first-order valence-corrected chi connectivity index (χ1v) is 9.68. The summed E-state index contributed by atoms with van der Waals surface area (Å²) in [6, 6.07) is 15.0. The lowest BCUT2D eigenvalue weighted by atomic mass is 9.93. The minimum atomic E-state index is -0.786. The Bertz CT molecular complexity index is 1030. The maximum absolute atomic E-state index is 12.0. The van der Waals surface area contributed by atoms with Crippen LogP contribution in [-0.2, 0) is 4.79 Å². The first-order chi connectivity index (χ1) is 14.1. The third-order valence-electron chi connectivity index (χ3n) is 5.61. The van der Waals surface area contributed by atoms with E-state index in [0.717, 1.165) is 28.5 Å². The second-order valence-electron chi connectivity index (χ2n) is 7.17. The van der Waals surface area contributed by atoms with Crippen molar-refractivity contribution in [2.75, 3.05) is 20.8 Å². The third-order valence-corrected chi connectivity index (χ3v) is 5.61. The number of para-hydroxylation sites is 1. The highest BCUT2D eigenvalue weighted by Crippen LogP contribution is 2.40. The highest BCUT2D eigenvalue weighted by atomic mass is 16.5. The Morgan fingerprint density at radius 3 is 2.69 bits per heavy atom. The molecule has 1 fully saturated rings. The lowest BCUT2D eigenvalue weighted by Gasteiger charge is -2.33. The number of aliphatic carboxylic acids is 1. The van der Waals surface area contributed by atoms with E-state index in [2.05, 4.69) is 9.88 Å². The Hall–Kier alpha value is -3.12. The molecule has 0 amide bonds. The fourth-order valence-electron chi connectivity index (χ4n) is 4.29. The van der Waals surface area contributed by atoms with E-state index in [1.54, 1.807) is 20.4 Å². The summed E-state index contributed by atoms with van der Waals surface area (Å²) in [6.07, 6.45) is 3.28. The van der Waals surface area contributed by atoms with Crippen LogP contribution in [0.15, 0.2) is 54.7 Å². The predicted molar refractivity (Wildman–Crippen MR) is 110 cm³/mol. The minimum absolute atomic E-state index is 0.230. The van der Waals surface area contributed by atoms with E-state index in [1.165, 1.54) is 0 Å². The van der Waals surface area contributed by atoms with Crippen LogP contribution in [-0.4, -0.2) is 47.8 Å². The number of methoxy groups -OCH3 is 2. The van der Waals surface area contributed by atoms with Crippen LogP contribution in [0, 0.1) is 0 Å². The van der Waals surface area contributed by atoms with E-state index in [1.807, 2.05) is 48.5 Å². The van der Waals surface area contributed by atoms with Crippen molar-refractivity contribution in [1.82, 2.24) is 9.88 Å². The number of hydrogen-bond donors (Lipinski definition) is 1. The molecule has 0 spiro atoms. The van der Waals surface area contributed by atoms with Gasteiger partial charge in [0, 0.05) is 18.1 Å². The van der Waals surface area contributed by atoms with Crippen LogP contribution in [0.4, 0.5) is 0 Å². The molecule has 3 aromatic rings. The van der Waals surface area contributed by atoms with Crippen LogP contribution < -0.4 is 9.47 Å². The van der Waals surface area contributed by atoms with Gasteiger partial charge in [0.1, 0.15) is 6.04 Å². The zero-order chi connectivity index (χ0) is 20.4. The van der Waals surface area contributed by atoms with Crippen molar-refractivity contribution in [2.45, 2.75) is 24.9 Å². The van der Waals surface area contributed by atoms with Gasteiger partial charge in [-0.3, -0.25) is 14.7 Å². The SMILES string of the molecule is COc1ccc(C(c2ccnc3ccccc23)N2CCCC2C(=O)O)cc1OC. The highest BCUT2D eigenvalue weighted by Gasteiger charge is 2.37. The molecular formula is C23H24N2O4. The topological polar surface area (TPSA) is 71.9 Å². The molecule has 1 saturated heterocycles. The van der Waals surface area contributed by atoms with Gasteiger partial charge >= 0.3 is 5.97 Å². The van der Waals surface area contributed by atoms with Gasteiger partial charge in [0.25, 0.3) is 0 Å². The normalized spacial score (nSPS) is 17.9. The van der Waals surface area contributed by atoms with E-state index >= 15 is 0 Å². The molecule has 0 saturated carbocycles. The molecular weight excluding hydrogens is 368 g/mol. The van der Waals surface area contributed by atoms with E-state index in [4.69, 9.17) is 9.47 Å². The van der Waals surface area contributed by atoms with Gasteiger partial charge in [-0.1, -0.05) is 24.3 Å². The first kappa shape index (κ1) is 19.2. The maximum Gasteiger partial charge on any atom is 0.320 e. The molecule has 1 aromatic heterocycles. The van der Waals surface area contributed by atoms with Gasteiger partial charge in [0.05, 0.1) is 25.8 Å². The summed E-state index contributed by atoms with van der Waals surface area (Å²) in [6.45, 7) is 0.715. The number of carbonyl (C=O) groups is 1. The fourth-order valence-corrected chi connectivity index (χ4v) is 4.29. The summed E-state index contributed by atoms with van der Waals surface area (Å²) in [5, 5.41) is 10.8. The van der Waals surface area contributed by atoms with Crippen molar-refractivity contribution >= 4 is 16.9 Å². The Kier molecular flexibility index (Phi) is 5.36. The zero-order valence-corrected chi connectivity index (χ0v) is 16.5. The molecule has 0 aliphatic carbocycles. The van der Waals surface area contributed by atoms with Crippen LogP contribution in [0.2, 0.25) is 0 Å². The Morgan fingerprint density at radius 1 is 1.14 bits per heavy atom. The molecule has 0 radical (unpaired) electrons. The quantitative estimate of drug-likeness (QED) is 0.686.